The Morgan fingerprint density at radius 2 is 1.88 bits per heavy atom. The van der Waals surface area contributed by atoms with Crippen LogP contribution in [0.4, 0.5) is 0 Å². The average molecular weight is 355 g/mol. The first-order valence-corrected chi connectivity index (χ1v) is 9.97. The molecule has 2 atom stereocenters. The third-order valence-electron chi connectivity index (χ3n) is 4.23. The van der Waals surface area contributed by atoms with Gasteiger partial charge in [-0.2, -0.15) is 0 Å². The van der Waals surface area contributed by atoms with Crippen LogP contribution in [-0.2, 0) is 18.4 Å². The molecule has 0 aliphatic carbocycles. The fourth-order valence-corrected chi connectivity index (χ4v) is 5.31. The van der Waals surface area contributed by atoms with Crippen molar-refractivity contribution in [3.05, 3.63) is 35.9 Å². The summed E-state index contributed by atoms with van der Waals surface area (Å²) < 4.78 is 25.8. The minimum absolute atomic E-state index is 0.254. The van der Waals surface area contributed by atoms with E-state index in [9.17, 15) is 14.5 Å². The van der Waals surface area contributed by atoms with Crippen LogP contribution in [0.15, 0.2) is 30.3 Å². The number of rotatable bonds is 8. The number of carboxylic acid groups (broad SMARTS) is 1. The first-order chi connectivity index (χ1) is 11.5. The van der Waals surface area contributed by atoms with Crippen LogP contribution in [0.3, 0.4) is 0 Å². The van der Waals surface area contributed by atoms with Crippen LogP contribution in [0.2, 0.25) is 0 Å². The Kier molecular flexibility index (Phi) is 6.99. The minimum Gasteiger partial charge on any atom is -0.481 e. The molecular weight excluding hydrogens is 329 g/mol. The lowest BCUT2D eigenvalue weighted by molar-refractivity contribution is -0.140. The number of benzene rings is 1. The van der Waals surface area contributed by atoms with E-state index < -0.39 is 25.7 Å². The molecule has 2 rings (SSSR count). The summed E-state index contributed by atoms with van der Waals surface area (Å²) in [5, 5.41) is 9.82. The Bertz CT molecular complexity index is 570. The zero-order valence-corrected chi connectivity index (χ0v) is 15.2. The van der Waals surface area contributed by atoms with Gasteiger partial charge in [-0.05, 0) is 32.3 Å². The van der Waals surface area contributed by atoms with Gasteiger partial charge in [0.25, 0.3) is 0 Å². The summed E-state index contributed by atoms with van der Waals surface area (Å²) in [4.78, 5) is 12.0. The highest BCUT2D eigenvalue weighted by atomic mass is 31.2. The summed E-state index contributed by atoms with van der Waals surface area (Å²) in [5.74, 6) is -1.68. The smallest absolute Gasteiger partial charge is 0.408 e. The van der Waals surface area contributed by atoms with Gasteiger partial charge in [0.05, 0.1) is 19.1 Å². The number of carbonyl (C=O) groups is 1. The highest BCUT2D eigenvalue weighted by molar-refractivity contribution is 7.51. The van der Waals surface area contributed by atoms with Crippen molar-refractivity contribution in [2.24, 2.45) is 0 Å². The first-order valence-electron chi connectivity index (χ1n) is 8.47. The van der Waals surface area contributed by atoms with Crippen LogP contribution < -0.4 is 0 Å². The van der Waals surface area contributed by atoms with Gasteiger partial charge in [-0.25, -0.2) is 9.24 Å². The number of hydrogen-bond acceptors (Lipinski definition) is 4. The normalized spacial score (nSPS) is 20.7. The van der Waals surface area contributed by atoms with E-state index in [1.807, 2.05) is 18.2 Å². The summed E-state index contributed by atoms with van der Waals surface area (Å²) in [6.45, 7) is 4.54. The van der Waals surface area contributed by atoms with Gasteiger partial charge in [0.15, 0.2) is 0 Å². The van der Waals surface area contributed by atoms with Gasteiger partial charge in [0, 0.05) is 12.6 Å². The van der Waals surface area contributed by atoms with Crippen LogP contribution in [-0.4, -0.2) is 41.5 Å². The molecule has 6 nitrogen and oxygen atoms in total. The monoisotopic (exact) mass is 355 g/mol. The van der Waals surface area contributed by atoms with Crippen molar-refractivity contribution in [1.82, 2.24) is 4.67 Å². The number of nitrogens with zero attached hydrogens (tertiary/aromatic N) is 1. The van der Waals surface area contributed by atoms with E-state index in [0.29, 0.717) is 18.5 Å². The van der Waals surface area contributed by atoms with E-state index in [4.69, 9.17) is 9.05 Å². The molecule has 0 saturated carbocycles. The summed E-state index contributed by atoms with van der Waals surface area (Å²) >= 11 is 0. The molecule has 1 fully saturated rings. The van der Waals surface area contributed by atoms with Gasteiger partial charge in [-0.3, -0.25) is 13.8 Å². The Labute approximate surface area is 143 Å². The number of piperidine rings is 1. The van der Waals surface area contributed by atoms with Crippen molar-refractivity contribution in [1.29, 1.82) is 0 Å². The second-order valence-corrected chi connectivity index (χ2v) is 7.72. The van der Waals surface area contributed by atoms with Crippen molar-refractivity contribution in [2.75, 3.05) is 19.8 Å². The molecule has 134 valence electrons. The maximum absolute atomic E-state index is 13.2. The van der Waals surface area contributed by atoms with E-state index in [1.165, 1.54) is 0 Å². The van der Waals surface area contributed by atoms with Gasteiger partial charge < -0.3 is 5.11 Å². The lowest BCUT2D eigenvalue weighted by Gasteiger charge is -2.41. The van der Waals surface area contributed by atoms with E-state index in [2.05, 4.69) is 0 Å². The summed E-state index contributed by atoms with van der Waals surface area (Å²) in [6, 6.07) is 8.69. The standard InChI is InChI=1S/C17H26NO5P/c1-3-22-24(21,23-4-2)18-13-9-8-12-15(18)16(17(19)20)14-10-6-5-7-11-14/h5-7,10-11,15-16H,3-4,8-9,12-13H2,1-2H3,(H,19,20). The van der Waals surface area contributed by atoms with E-state index in [0.717, 1.165) is 12.8 Å². The molecule has 1 saturated heterocycles. The maximum Gasteiger partial charge on any atom is 0.408 e. The topological polar surface area (TPSA) is 76.1 Å². The fraction of sp³-hybridized carbons (Fsp3) is 0.588. The molecule has 7 heteroatoms. The third-order valence-corrected chi connectivity index (χ3v) is 6.52. The molecule has 0 radical (unpaired) electrons. The highest BCUT2D eigenvalue weighted by Gasteiger charge is 2.45. The fourth-order valence-electron chi connectivity index (χ4n) is 3.29. The van der Waals surface area contributed by atoms with Crippen molar-refractivity contribution >= 4 is 13.7 Å². The molecule has 1 aromatic carbocycles. The zero-order chi connectivity index (χ0) is 17.6. The largest absolute Gasteiger partial charge is 0.481 e. The highest BCUT2D eigenvalue weighted by Crippen LogP contribution is 2.56. The molecule has 2 unspecified atom stereocenters. The van der Waals surface area contributed by atoms with Crippen LogP contribution in [0.1, 0.15) is 44.6 Å². The quantitative estimate of drug-likeness (QED) is 0.713. The van der Waals surface area contributed by atoms with Crippen LogP contribution in [0.25, 0.3) is 0 Å². The van der Waals surface area contributed by atoms with Crippen LogP contribution in [0.5, 0.6) is 0 Å². The Balaban J connectivity index is 2.39. The number of aliphatic carboxylic acids is 1. The van der Waals surface area contributed by atoms with Crippen LogP contribution >= 0.6 is 7.75 Å². The molecule has 1 aliphatic heterocycles. The Hall–Kier alpha value is -1.20. The lowest BCUT2D eigenvalue weighted by atomic mass is 9.86. The third kappa shape index (κ3) is 4.25. The predicted molar refractivity (Wildman–Crippen MR) is 92.0 cm³/mol. The second-order valence-electron chi connectivity index (χ2n) is 5.76. The number of carboxylic acids is 1. The average Bonchev–Trinajstić information content (AvgIpc) is 2.56. The second kappa shape index (κ2) is 8.77. The SMILES string of the molecule is CCOP(=O)(OCC)N1CCCCC1C(C(=O)O)c1ccccc1. The predicted octanol–water partition coefficient (Wildman–Crippen LogP) is 3.89. The minimum atomic E-state index is -3.49. The molecule has 0 amide bonds. The zero-order valence-electron chi connectivity index (χ0n) is 14.3. The Morgan fingerprint density at radius 1 is 1.25 bits per heavy atom. The van der Waals surface area contributed by atoms with Crippen molar-refractivity contribution in [3.63, 3.8) is 0 Å². The Morgan fingerprint density at radius 3 is 2.42 bits per heavy atom. The maximum atomic E-state index is 13.2. The molecular formula is C17H26NO5P. The molecule has 1 N–H and O–H groups in total. The van der Waals surface area contributed by atoms with Gasteiger partial charge in [-0.1, -0.05) is 36.8 Å². The van der Waals surface area contributed by atoms with E-state index in [-0.39, 0.29) is 13.2 Å². The molecule has 1 aliphatic rings. The van der Waals surface area contributed by atoms with Gasteiger partial charge in [-0.15, -0.1) is 0 Å². The molecule has 1 heterocycles. The lowest BCUT2D eigenvalue weighted by Crippen LogP contribution is -2.44. The van der Waals surface area contributed by atoms with Crippen molar-refractivity contribution in [3.8, 4) is 0 Å². The van der Waals surface area contributed by atoms with Crippen LogP contribution in [0, 0.1) is 0 Å². The molecule has 0 aromatic heterocycles. The van der Waals surface area contributed by atoms with Gasteiger partial charge >= 0.3 is 13.7 Å². The van der Waals surface area contributed by atoms with E-state index >= 15 is 0 Å². The van der Waals surface area contributed by atoms with Crippen molar-refractivity contribution < 1.29 is 23.5 Å². The summed E-state index contributed by atoms with van der Waals surface area (Å²) in [6.07, 6.45) is 2.40. The first kappa shape index (κ1) is 19.1. The molecule has 24 heavy (non-hydrogen) atoms. The van der Waals surface area contributed by atoms with Crippen molar-refractivity contribution in [2.45, 2.75) is 45.1 Å². The summed E-state index contributed by atoms with van der Waals surface area (Å²) in [5.41, 5.74) is 0.710. The molecule has 1 aromatic rings. The summed E-state index contributed by atoms with van der Waals surface area (Å²) in [7, 11) is -3.49. The van der Waals surface area contributed by atoms with E-state index in [1.54, 1.807) is 30.7 Å². The number of hydrogen-bond donors (Lipinski definition) is 1. The molecule has 0 bridgehead atoms. The molecule has 0 spiro atoms. The van der Waals surface area contributed by atoms with Gasteiger partial charge in [0.2, 0.25) is 0 Å². The van der Waals surface area contributed by atoms with Gasteiger partial charge in [0.1, 0.15) is 0 Å².